The Morgan fingerprint density at radius 1 is 1.00 bits per heavy atom. The number of rotatable bonds is 4. The lowest BCUT2D eigenvalue weighted by atomic mass is 10.1. The van der Waals surface area contributed by atoms with Gasteiger partial charge in [0.1, 0.15) is 5.82 Å². The molecule has 0 spiro atoms. The molecule has 0 bridgehead atoms. The summed E-state index contributed by atoms with van der Waals surface area (Å²) in [5.74, 6) is -0.243. The van der Waals surface area contributed by atoms with Crippen molar-refractivity contribution >= 4 is 17.3 Å². The zero-order valence-electron chi connectivity index (χ0n) is 9.29. The maximum Gasteiger partial charge on any atom is 0.127 e. The average molecular weight is 250 g/mol. The number of hydrogen-bond donors (Lipinski definition) is 1. The summed E-state index contributed by atoms with van der Waals surface area (Å²) < 4.78 is 13.5. The topological polar surface area (TPSA) is 12.0 Å². The van der Waals surface area contributed by atoms with Crippen molar-refractivity contribution in [1.29, 1.82) is 0 Å². The van der Waals surface area contributed by atoms with Gasteiger partial charge in [-0.05, 0) is 30.7 Å². The van der Waals surface area contributed by atoms with E-state index in [2.05, 4.69) is 5.32 Å². The molecule has 3 heteroatoms. The highest BCUT2D eigenvalue weighted by atomic mass is 35.5. The summed E-state index contributed by atoms with van der Waals surface area (Å²) >= 11 is 5.94. The van der Waals surface area contributed by atoms with Crippen LogP contribution in [0.1, 0.15) is 5.56 Å². The van der Waals surface area contributed by atoms with E-state index in [4.69, 9.17) is 11.6 Å². The molecule has 0 fully saturated rings. The highest BCUT2D eigenvalue weighted by Gasteiger charge is 2.05. The first kappa shape index (κ1) is 11.9. The Balaban J connectivity index is 1.95. The number of anilines is 1. The third-order valence-corrected chi connectivity index (χ3v) is 2.89. The Hall–Kier alpha value is -1.54. The maximum atomic E-state index is 13.5. The molecule has 0 aliphatic rings. The molecule has 0 radical (unpaired) electrons. The highest BCUT2D eigenvalue weighted by Crippen LogP contribution is 2.19. The zero-order chi connectivity index (χ0) is 12.1. The van der Waals surface area contributed by atoms with E-state index in [9.17, 15) is 4.39 Å². The third kappa shape index (κ3) is 3.21. The van der Waals surface area contributed by atoms with Gasteiger partial charge >= 0.3 is 0 Å². The normalized spacial score (nSPS) is 10.2. The van der Waals surface area contributed by atoms with Crippen LogP contribution in [0.15, 0.2) is 48.5 Å². The number of hydrogen-bond acceptors (Lipinski definition) is 1. The Bertz CT molecular complexity index is 465. The van der Waals surface area contributed by atoms with E-state index in [-0.39, 0.29) is 5.82 Å². The first-order valence-corrected chi connectivity index (χ1v) is 5.87. The van der Waals surface area contributed by atoms with Crippen molar-refractivity contribution in [2.24, 2.45) is 0 Å². The van der Waals surface area contributed by atoms with Crippen LogP contribution in [0.5, 0.6) is 0 Å². The molecule has 2 aromatic carbocycles. The molecule has 0 heterocycles. The fourth-order valence-electron chi connectivity index (χ4n) is 1.66. The Morgan fingerprint density at radius 2 is 1.76 bits per heavy atom. The summed E-state index contributed by atoms with van der Waals surface area (Å²) in [5, 5.41) is 3.71. The van der Waals surface area contributed by atoms with Crippen LogP contribution < -0.4 is 5.32 Å². The van der Waals surface area contributed by atoms with Crippen molar-refractivity contribution in [2.45, 2.75) is 6.42 Å². The summed E-state index contributed by atoms with van der Waals surface area (Å²) in [5.41, 5.74) is 1.59. The van der Waals surface area contributed by atoms with Crippen LogP contribution in [0, 0.1) is 5.82 Å². The molecule has 2 rings (SSSR count). The van der Waals surface area contributed by atoms with Gasteiger partial charge < -0.3 is 5.32 Å². The van der Waals surface area contributed by atoms with Crippen molar-refractivity contribution in [3.63, 3.8) is 0 Å². The van der Waals surface area contributed by atoms with Gasteiger partial charge in [0, 0.05) is 22.8 Å². The molecule has 0 aromatic heterocycles. The van der Waals surface area contributed by atoms with E-state index < -0.39 is 0 Å². The van der Waals surface area contributed by atoms with Crippen molar-refractivity contribution in [3.8, 4) is 0 Å². The second-order valence-electron chi connectivity index (χ2n) is 3.74. The number of benzene rings is 2. The first-order chi connectivity index (χ1) is 8.27. The van der Waals surface area contributed by atoms with Crippen LogP contribution >= 0.6 is 11.6 Å². The molecule has 0 aliphatic heterocycles. The fraction of sp³-hybridized carbons (Fsp3) is 0.143. The molecule has 0 atom stereocenters. The fourth-order valence-corrected chi connectivity index (χ4v) is 1.92. The Kier molecular flexibility index (Phi) is 3.99. The van der Waals surface area contributed by atoms with E-state index in [1.165, 1.54) is 6.07 Å². The lowest BCUT2D eigenvalue weighted by Crippen LogP contribution is -2.06. The smallest absolute Gasteiger partial charge is 0.127 e. The molecule has 0 aliphatic carbocycles. The van der Waals surface area contributed by atoms with Gasteiger partial charge in [-0.1, -0.05) is 35.9 Å². The molecule has 0 saturated heterocycles. The predicted molar refractivity (Wildman–Crippen MR) is 70.0 cm³/mol. The highest BCUT2D eigenvalue weighted by molar-refractivity contribution is 6.31. The van der Waals surface area contributed by atoms with Crippen LogP contribution in [0.4, 0.5) is 10.1 Å². The van der Waals surface area contributed by atoms with Gasteiger partial charge in [0.2, 0.25) is 0 Å². The molecule has 17 heavy (non-hydrogen) atoms. The minimum Gasteiger partial charge on any atom is -0.385 e. The van der Waals surface area contributed by atoms with Gasteiger partial charge in [0.15, 0.2) is 0 Å². The molecule has 0 amide bonds. The molecule has 1 nitrogen and oxygen atoms in total. The Morgan fingerprint density at radius 3 is 2.47 bits per heavy atom. The molecule has 1 N–H and O–H groups in total. The lowest BCUT2D eigenvalue weighted by Gasteiger charge is -2.08. The molecule has 88 valence electrons. The summed E-state index contributed by atoms with van der Waals surface area (Å²) in [7, 11) is 0. The van der Waals surface area contributed by atoms with Crippen molar-refractivity contribution in [2.75, 3.05) is 11.9 Å². The van der Waals surface area contributed by atoms with Gasteiger partial charge in [-0.15, -0.1) is 0 Å². The summed E-state index contributed by atoms with van der Waals surface area (Å²) in [6.45, 7) is 0.657. The monoisotopic (exact) mass is 249 g/mol. The second kappa shape index (κ2) is 5.69. The van der Waals surface area contributed by atoms with Crippen molar-refractivity contribution in [1.82, 2.24) is 0 Å². The van der Waals surface area contributed by atoms with E-state index in [1.807, 2.05) is 30.3 Å². The molecule has 0 unspecified atom stereocenters. The van der Waals surface area contributed by atoms with Gasteiger partial charge in [-0.3, -0.25) is 0 Å². The molecule has 2 aromatic rings. The zero-order valence-corrected chi connectivity index (χ0v) is 10.0. The SMILES string of the molecule is Fc1cccc(Cl)c1CCNc1ccccc1. The number of halogens is 2. The van der Waals surface area contributed by atoms with Crippen molar-refractivity contribution in [3.05, 3.63) is 64.9 Å². The maximum absolute atomic E-state index is 13.5. The van der Waals surface area contributed by atoms with Crippen LogP contribution in [-0.2, 0) is 6.42 Å². The third-order valence-electron chi connectivity index (χ3n) is 2.54. The quantitative estimate of drug-likeness (QED) is 0.859. The summed E-state index contributed by atoms with van der Waals surface area (Å²) in [6.07, 6.45) is 0.570. The van der Waals surface area contributed by atoms with E-state index in [0.717, 1.165) is 5.69 Å². The van der Waals surface area contributed by atoms with Crippen LogP contribution in [0.25, 0.3) is 0 Å². The van der Waals surface area contributed by atoms with E-state index in [1.54, 1.807) is 12.1 Å². The first-order valence-electron chi connectivity index (χ1n) is 5.49. The van der Waals surface area contributed by atoms with Crippen LogP contribution in [0.2, 0.25) is 5.02 Å². The minimum absolute atomic E-state index is 0.243. The second-order valence-corrected chi connectivity index (χ2v) is 4.15. The van der Waals surface area contributed by atoms with Gasteiger partial charge in [-0.2, -0.15) is 0 Å². The number of para-hydroxylation sites is 1. The minimum atomic E-state index is -0.243. The van der Waals surface area contributed by atoms with E-state index in [0.29, 0.717) is 23.6 Å². The largest absolute Gasteiger partial charge is 0.385 e. The average Bonchev–Trinajstić information content (AvgIpc) is 2.34. The predicted octanol–water partition coefficient (Wildman–Crippen LogP) is 4.13. The van der Waals surface area contributed by atoms with Gasteiger partial charge in [0.25, 0.3) is 0 Å². The molecule has 0 saturated carbocycles. The summed E-state index contributed by atoms with van der Waals surface area (Å²) in [6, 6.07) is 14.6. The van der Waals surface area contributed by atoms with Crippen LogP contribution in [-0.4, -0.2) is 6.54 Å². The lowest BCUT2D eigenvalue weighted by molar-refractivity contribution is 0.611. The van der Waals surface area contributed by atoms with E-state index >= 15 is 0 Å². The standard InChI is InChI=1S/C14H13ClFN/c15-13-7-4-8-14(16)12(13)9-10-17-11-5-2-1-3-6-11/h1-8,17H,9-10H2. The molecular weight excluding hydrogens is 237 g/mol. The number of nitrogens with one attached hydrogen (secondary N) is 1. The van der Waals surface area contributed by atoms with Gasteiger partial charge in [0.05, 0.1) is 0 Å². The van der Waals surface area contributed by atoms with Gasteiger partial charge in [-0.25, -0.2) is 4.39 Å². The molecular formula is C14H13ClFN. The van der Waals surface area contributed by atoms with Crippen molar-refractivity contribution < 1.29 is 4.39 Å². The van der Waals surface area contributed by atoms with Crippen LogP contribution in [0.3, 0.4) is 0 Å². The summed E-state index contributed by atoms with van der Waals surface area (Å²) in [4.78, 5) is 0. The Labute approximate surface area is 105 Å².